The smallest absolute Gasteiger partial charge is 0.236 e. The van der Waals surface area contributed by atoms with Gasteiger partial charge < -0.3 is 14.7 Å². The molecule has 1 aliphatic rings. The van der Waals surface area contributed by atoms with Crippen molar-refractivity contribution in [2.45, 2.75) is 6.54 Å². The highest BCUT2D eigenvalue weighted by Crippen LogP contribution is 2.09. The van der Waals surface area contributed by atoms with Gasteiger partial charge in [-0.25, -0.2) is 4.39 Å². The molecular formula is C16H23FN2O3. The highest BCUT2D eigenvalue weighted by Gasteiger charge is 2.22. The van der Waals surface area contributed by atoms with Crippen LogP contribution in [0.2, 0.25) is 0 Å². The molecule has 0 radical (unpaired) electrons. The van der Waals surface area contributed by atoms with E-state index in [-0.39, 0.29) is 30.8 Å². The third kappa shape index (κ3) is 5.05. The molecule has 0 aliphatic carbocycles. The van der Waals surface area contributed by atoms with Crippen LogP contribution in [-0.2, 0) is 16.1 Å². The van der Waals surface area contributed by atoms with Crippen LogP contribution in [0.1, 0.15) is 5.56 Å². The van der Waals surface area contributed by atoms with E-state index in [1.165, 1.54) is 12.1 Å². The molecule has 0 spiro atoms. The average molecular weight is 310 g/mol. The van der Waals surface area contributed by atoms with Crippen molar-refractivity contribution in [3.05, 3.63) is 35.6 Å². The van der Waals surface area contributed by atoms with Crippen molar-refractivity contribution < 1.29 is 19.0 Å². The topological polar surface area (TPSA) is 53.0 Å². The van der Waals surface area contributed by atoms with Gasteiger partial charge in [0.25, 0.3) is 0 Å². The third-order valence-electron chi connectivity index (χ3n) is 3.72. The lowest BCUT2D eigenvalue weighted by atomic mass is 10.1. The molecule has 1 atom stereocenters. The highest BCUT2D eigenvalue weighted by atomic mass is 19.1. The van der Waals surface area contributed by atoms with Crippen molar-refractivity contribution in [3.8, 4) is 0 Å². The van der Waals surface area contributed by atoms with E-state index >= 15 is 0 Å². The van der Waals surface area contributed by atoms with Crippen molar-refractivity contribution in [2.24, 2.45) is 5.92 Å². The van der Waals surface area contributed by atoms with Crippen LogP contribution in [0, 0.1) is 11.7 Å². The number of nitrogens with zero attached hydrogens (tertiary/aromatic N) is 2. The minimum absolute atomic E-state index is 0.0196. The first-order valence-electron chi connectivity index (χ1n) is 7.48. The van der Waals surface area contributed by atoms with E-state index in [2.05, 4.69) is 0 Å². The van der Waals surface area contributed by atoms with Crippen LogP contribution in [0.5, 0.6) is 0 Å². The molecule has 1 aliphatic heterocycles. The molecule has 0 unspecified atom stereocenters. The molecule has 22 heavy (non-hydrogen) atoms. The molecule has 0 aromatic heterocycles. The number of benzene rings is 1. The van der Waals surface area contributed by atoms with Gasteiger partial charge in [-0.1, -0.05) is 12.1 Å². The molecule has 2 rings (SSSR count). The Kier molecular flexibility index (Phi) is 6.30. The Morgan fingerprint density at radius 2 is 2.18 bits per heavy atom. The van der Waals surface area contributed by atoms with Crippen molar-refractivity contribution >= 4 is 5.91 Å². The fourth-order valence-electron chi connectivity index (χ4n) is 2.51. The quantitative estimate of drug-likeness (QED) is 0.871. The molecule has 1 N–H and O–H groups in total. The first kappa shape index (κ1) is 16.9. The van der Waals surface area contributed by atoms with E-state index in [0.717, 1.165) is 5.56 Å². The zero-order valence-electron chi connectivity index (χ0n) is 12.9. The Morgan fingerprint density at radius 1 is 1.45 bits per heavy atom. The second kappa shape index (κ2) is 8.22. The molecule has 1 heterocycles. The summed E-state index contributed by atoms with van der Waals surface area (Å²) >= 11 is 0. The number of carbonyl (C=O) groups excluding carboxylic acids is 1. The summed E-state index contributed by atoms with van der Waals surface area (Å²) in [4.78, 5) is 16.0. The summed E-state index contributed by atoms with van der Waals surface area (Å²) in [6.07, 6.45) is 0. The number of halogens is 1. The summed E-state index contributed by atoms with van der Waals surface area (Å²) in [6.45, 7) is 2.97. The number of likely N-dealkylation sites (N-methyl/N-ethyl adjacent to an activating group) is 1. The van der Waals surface area contributed by atoms with Crippen LogP contribution < -0.4 is 0 Å². The summed E-state index contributed by atoms with van der Waals surface area (Å²) in [5.74, 6) is -0.260. The fraction of sp³-hybridized carbons (Fsp3) is 0.562. The first-order chi connectivity index (χ1) is 10.6. The normalized spacial score (nSPS) is 19.3. The van der Waals surface area contributed by atoms with Gasteiger partial charge in [-0.3, -0.25) is 9.69 Å². The minimum Gasteiger partial charge on any atom is -0.396 e. The molecule has 6 heteroatoms. The fourth-order valence-corrected chi connectivity index (χ4v) is 2.51. The molecule has 1 saturated heterocycles. The molecule has 1 aromatic carbocycles. The Labute approximate surface area is 130 Å². The van der Waals surface area contributed by atoms with Gasteiger partial charge in [0, 0.05) is 32.2 Å². The summed E-state index contributed by atoms with van der Waals surface area (Å²) in [6, 6.07) is 6.28. The van der Waals surface area contributed by atoms with Crippen molar-refractivity contribution in [3.63, 3.8) is 0 Å². The predicted molar refractivity (Wildman–Crippen MR) is 80.7 cm³/mol. The second-order valence-electron chi connectivity index (χ2n) is 5.76. The Bertz CT molecular complexity index is 481. The zero-order chi connectivity index (χ0) is 15.9. The number of aliphatic hydroxyl groups excluding tert-OH is 1. The maximum atomic E-state index is 12.9. The van der Waals surface area contributed by atoms with Crippen molar-refractivity contribution in [2.75, 3.05) is 46.5 Å². The largest absolute Gasteiger partial charge is 0.396 e. The standard InChI is InChI=1S/C16H23FN2O3/c1-18(8-13-2-4-15(17)5-3-13)10-16(21)19-6-7-22-12-14(9-19)11-20/h2-5,14,20H,6-12H2,1H3/t14-/m1/s1. The number of ether oxygens (including phenoxy) is 1. The average Bonchev–Trinajstić information content (AvgIpc) is 2.75. The number of rotatable bonds is 5. The van der Waals surface area contributed by atoms with Crippen LogP contribution in [-0.4, -0.2) is 67.3 Å². The van der Waals surface area contributed by atoms with Crippen LogP contribution in [0.3, 0.4) is 0 Å². The van der Waals surface area contributed by atoms with Gasteiger partial charge in [0.15, 0.2) is 0 Å². The predicted octanol–water partition coefficient (Wildman–Crippen LogP) is 0.725. The summed E-state index contributed by atoms with van der Waals surface area (Å²) < 4.78 is 18.3. The van der Waals surface area contributed by atoms with Crippen LogP contribution >= 0.6 is 0 Å². The Morgan fingerprint density at radius 3 is 2.86 bits per heavy atom. The van der Waals surface area contributed by atoms with Crippen molar-refractivity contribution in [1.82, 2.24) is 9.80 Å². The van der Waals surface area contributed by atoms with Crippen LogP contribution in [0.25, 0.3) is 0 Å². The lowest BCUT2D eigenvalue weighted by molar-refractivity contribution is -0.132. The van der Waals surface area contributed by atoms with E-state index in [1.807, 2.05) is 11.9 Å². The maximum Gasteiger partial charge on any atom is 0.236 e. The van der Waals surface area contributed by atoms with E-state index in [0.29, 0.717) is 32.8 Å². The molecule has 1 fully saturated rings. The molecule has 0 bridgehead atoms. The zero-order valence-corrected chi connectivity index (χ0v) is 12.9. The Hall–Kier alpha value is -1.50. The molecule has 1 aromatic rings. The van der Waals surface area contributed by atoms with Gasteiger partial charge in [0.2, 0.25) is 5.91 Å². The van der Waals surface area contributed by atoms with Gasteiger partial charge in [0.05, 0.1) is 19.8 Å². The molecule has 122 valence electrons. The molecule has 1 amide bonds. The molecule has 0 saturated carbocycles. The van der Waals surface area contributed by atoms with E-state index in [9.17, 15) is 14.3 Å². The Balaban J connectivity index is 1.85. The second-order valence-corrected chi connectivity index (χ2v) is 5.76. The lowest BCUT2D eigenvalue weighted by Crippen LogP contribution is -2.42. The number of hydrogen-bond donors (Lipinski definition) is 1. The summed E-state index contributed by atoms with van der Waals surface area (Å²) in [7, 11) is 1.86. The third-order valence-corrected chi connectivity index (χ3v) is 3.72. The number of aliphatic hydroxyl groups is 1. The van der Waals surface area contributed by atoms with Gasteiger partial charge in [-0.05, 0) is 24.7 Å². The van der Waals surface area contributed by atoms with E-state index in [1.54, 1.807) is 17.0 Å². The highest BCUT2D eigenvalue weighted by molar-refractivity contribution is 5.78. The monoisotopic (exact) mass is 310 g/mol. The lowest BCUT2D eigenvalue weighted by Gasteiger charge is -2.25. The minimum atomic E-state index is -0.262. The van der Waals surface area contributed by atoms with E-state index in [4.69, 9.17) is 4.74 Å². The number of amides is 1. The van der Waals surface area contributed by atoms with E-state index < -0.39 is 0 Å². The SMILES string of the molecule is CN(CC(=O)N1CCOC[C@@H](CO)C1)Cc1ccc(F)cc1. The van der Waals surface area contributed by atoms with Gasteiger partial charge in [-0.15, -0.1) is 0 Å². The van der Waals surface area contributed by atoms with Gasteiger partial charge in [-0.2, -0.15) is 0 Å². The number of hydrogen-bond acceptors (Lipinski definition) is 4. The summed E-state index contributed by atoms with van der Waals surface area (Å²) in [5, 5.41) is 9.26. The van der Waals surface area contributed by atoms with Crippen LogP contribution in [0.15, 0.2) is 24.3 Å². The molecular weight excluding hydrogens is 287 g/mol. The number of carbonyl (C=O) groups is 1. The first-order valence-corrected chi connectivity index (χ1v) is 7.48. The molecule has 5 nitrogen and oxygen atoms in total. The maximum absolute atomic E-state index is 12.9. The van der Waals surface area contributed by atoms with Crippen molar-refractivity contribution in [1.29, 1.82) is 0 Å². The summed E-state index contributed by atoms with van der Waals surface area (Å²) in [5.41, 5.74) is 0.962. The van der Waals surface area contributed by atoms with Gasteiger partial charge in [0.1, 0.15) is 5.82 Å². The van der Waals surface area contributed by atoms with Crippen LogP contribution in [0.4, 0.5) is 4.39 Å². The van der Waals surface area contributed by atoms with Gasteiger partial charge >= 0.3 is 0 Å².